The van der Waals surface area contributed by atoms with Gasteiger partial charge < -0.3 is 9.84 Å². The van der Waals surface area contributed by atoms with E-state index in [0.29, 0.717) is 6.54 Å². The van der Waals surface area contributed by atoms with Gasteiger partial charge in [-0.05, 0) is 39.8 Å². The number of hydrogen-bond donors (Lipinski definition) is 1. The van der Waals surface area contributed by atoms with Crippen molar-refractivity contribution >= 4 is 17.9 Å². The van der Waals surface area contributed by atoms with Crippen LogP contribution >= 0.6 is 0 Å². The van der Waals surface area contributed by atoms with Gasteiger partial charge in [0.25, 0.3) is 0 Å². The topological polar surface area (TPSA) is 79.7 Å². The Balaban J connectivity index is 3.00. The molecule has 0 saturated carbocycles. The quantitative estimate of drug-likeness (QED) is 0.909. The molecule has 104 valence electrons. The molecule has 1 rings (SSSR count). The third kappa shape index (κ3) is 4.24. The highest BCUT2D eigenvalue weighted by atomic mass is 16.6. The second-order valence-electron chi connectivity index (χ2n) is 4.93. The maximum absolute atomic E-state index is 12.0. The van der Waals surface area contributed by atoms with Crippen molar-refractivity contribution in [3.8, 4) is 0 Å². The van der Waals surface area contributed by atoms with Crippen molar-refractivity contribution in [2.24, 2.45) is 0 Å². The number of pyridine rings is 1. The van der Waals surface area contributed by atoms with Crippen LogP contribution in [0.3, 0.4) is 0 Å². The molecule has 6 heteroatoms. The summed E-state index contributed by atoms with van der Waals surface area (Å²) >= 11 is 0. The molecule has 1 heterocycles. The molecular formula is C13H18N2O4. The Morgan fingerprint density at radius 3 is 2.53 bits per heavy atom. The van der Waals surface area contributed by atoms with Gasteiger partial charge in [-0.2, -0.15) is 0 Å². The molecule has 0 unspecified atom stereocenters. The van der Waals surface area contributed by atoms with Crippen LogP contribution in [-0.2, 0) is 4.74 Å². The molecule has 0 aliphatic rings. The number of hydrogen-bond acceptors (Lipinski definition) is 4. The number of carbonyl (C=O) groups is 2. The van der Waals surface area contributed by atoms with E-state index >= 15 is 0 Å². The number of carbonyl (C=O) groups excluding carboxylic acids is 1. The van der Waals surface area contributed by atoms with Gasteiger partial charge in [0, 0.05) is 12.7 Å². The molecule has 0 atom stereocenters. The normalized spacial score (nSPS) is 10.9. The highest BCUT2D eigenvalue weighted by Crippen LogP contribution is 2.17. The van der Waals surface area contributed by atoms with Crippen LogP contribution in [0.4, 0.5) is 10.6 Å². The van der Waals surface area contributed by atoms with Crippen LogP contribution in [0.25, 0.3) is 0 Å². The molecule has 1 aromatic heterocycles. The van der Waals surface area contributed by atoms with Crippen molar-refractivity contribution in [2.45, 2.75) is 33.3 Å². The Labute approximate surface area is 112 Å². The number of rotatable bonds is 3. The predicted octanol–water partition coefficient (Wildman–Crippen LogP) is 2.54. The van der Waals surface area contributed by atoms with Crippen LogP contribution in [-0.4, -0.2) is 34.3 Å². The zero-order chi connectivity index (χ0) is 14.6. The van der Waals surface area contributed by atoms with Gasteiger partial charge in [-0.1, -0.05) is 0 Å². The fraction of sp³-hybridized carbons (Fsp3) is 0.462. The van der Waals surface area contributed by atoms with E-state index in [4.69, 9.17) is 9.84 Å². The zero-order valence-electron chi connectivity index (χ0n) is 11.5. The van der Waals surface area contributed by atoms with Crippen molar-refractivity contribution in [2.75, 3.05) is 11.4 Å². The molecule has 1 aromatic rings. The molecule has 0 aromatic carbocycles. The summed E-state index contributed by atoms with van der Waals surface area (Å²) in [4.78, 5) is 28.2. The van der Waals surface area contributed by atoms with E-state index in [2.05, 4.69) is 4.98 Å². The molecule has 0 radical (unpaired) electrons. The third-order valence-corrected chi connectivity index (χ3v) is 2.20. The van der Waals surface area contributed by atoms with Crippen LogP contribution in [0, 0.1) is 0 Å². The first-order valence-electron chi connectivity index (χ1n) is 5.94. The Hall–Kier alpha value is -2.11. The number of aromatic nitrogens is 1. The van der Waals surface area contributed by atoms with Crippen LogP contribution in [0.1, 0.15) is 38.1 Å². The van der Waals surface area contributed by atoms with Crippen molar-refractivity contribution in [1.29, 1.82) is 0 Å². The number of ether oxygens (including phenoxy) is 1. The second-order valence-corrected chi connectivity index (χ2v) is 4.93. The summed E-state index contributed by atoms with van der Waals surface area (Å²) in [6.45, 7) is 7.39. The van der Waals surface area contributed by atoms with Gasteiger partial charge in [-0.15, -0.1) is 0 Å². The van der Waals surface area contributed by atoms with Gasteiger partial charge in [-0.3, -0.25) is 4.90 Å². The number of carboxylic acid groups (broad SMARTS) is 1. The molecule has 19 heavy (non-hydrogen) atoms. The van der Waals surface area contributed by atoms with Crippen LogP contribution < -0.4 is 4.90 Å². The van der Waals surface area contributed by atoms with Crippen LogP contribution in [0.5, 0.6) is 0 Å². The lowest BCUT2D eigenvalue weighted by atomic mass is 10.2. The van der Waals surface area contributed by atoms with Gasteiger partial charge in [-0.25, -0.2) is 14.6 Å². The van der Waals surface area contributed by atoms with Gasteiger partial charge >= 0.3 is 12.1 Å². The van der Waals surface area contributed by atoms with Crippen molar-refractivity contribution in [3.05, 3.63) is 23.9 Å². The maximum Gasteiger partial charge on any atom is 0.415 e. The fourth-order valence-corrected chi connectivity index (χ4v) is 1.40. The predicted molar refractivity (Wildman–Crippen MR) is 70.5 cm³/mol. The Morgan fingerprint density at radius 1 is 1.42 bits per heavy atom. The molecule has 0 saturated heterocycles. The molecule has 1 amide bonds. The number of amides is 1. The number of nitrogens with zero attached hydrogens (tertiary/aromatic N) is 2. The van der Waals surface area contributed by atoms with E-state index in [1.807, 2.05) is 0 Å². The largest absolute Gasteiger partial charge is 0.478 e. The average Bonchev–Trinajstić information content (AvgIpc) is 2.27. The summed E-state index contributed by atoms with van der Waals surface area (Å²) in [6.07, 6.45) is 0.802. The minimum Gasteiger partial charge on any atom is -0.478 e. The molecular weight excluding hydrogens is 248 g/mol. The molecule has 0 fully saturated rings. The molecule has 0 spiro atoms. The van der Waals surface area contributed by atoms with Gasteiger partial charge in [0.2, 0.25) is 0 Å². The van der Waals surface area contributed by atoms with Crippen molar-refractivity contribution < 1.29 is 19.4 Å². The highest BCUT2D eigenvalue weighted by Gasteiger charge is 2.23. The smallest absolute Gasteiger partial charge is 0.415 e. The van der Waals surface area contributed by atoms with Crippen molar-refractivity contribution in [1.82, 2.24) is 4.98 Å². The first-order valence-corrected chi connectivity index (χ1v) is 5.94. The number of carboxylic acids is 1. The summed E-state index contributed by atoms with van der Waals surface area (Å²) in [5.74, 6) is -0.805. The zero-order valence-corrected chi connectivity index (χ0v) is 11.5. The first kappa shape index (κ1) is 14.9. The standard InChI is InChI=1S/C13H18N2O4/c1-5-15(12(18)19-13(2,3)4)10-8-9(11(16)17)6-7-14-10/h6-8H,5H2,1-4H3,(H,16,17). The molecule has 6 nitrogen and oxygen atoms in total. The van der Waals surface area contributed by atoms with Crippen LogP contribution in [0.15, 0.2) is 18.3 Å². The summed E-state index contributed by atoms with van der Waals surface area (Å²) in [6, 6.07) is 2.71. The minimum atomic E-state index is -1.07. The van der Waals surface area contributed by atoms with E-state index in [0.717, 1.165) is 0 Å². The van der Waals surface area contributed by atoms with E-state index < -0.39 is 17.7 Å². The Bertz CT molecular complexity index is 480. The molecule has 0 aliphatic heterocycles. The molecule has 0 bridgehead atoms. The van der Waals surface area contributed by atoms with Gasteiger partial charge in [0.05, 0.1) is 5.56 Å². The highest BCUT2D eigenvalue weighted by molar-refractivity contribution is 5.91. The minimum absolute atomic E-state index is 0.0759. The average molecular weight is 266 g/mol. The third-order valence-electron chi connectivity index (χ3n) is 2.20. The molecule has 0 aliphatic carbocycles. The summed E-state index contributed by atoms with van der Waals surface area (Å²) in [5.41, 5.74) is -0.540. The number of anilines is 1. The Kier molecular flexibility index (Phi) is 4.47. The van der Waals surface area contributed by atoms with E-state index in [9.17, 15) is 9.59 Å². The van der Waals surface area contributed by atoms with Crippen LogP contribution in [0.2, 0.25) is 0 Å². The molecule has 1 N–H and O–H groups in total. The van der Waals surface area contributed by atoms with Gasteiger partial charge in [0.1, 0.15) is 11.4 Å². The fourth-order valence-electron chi connectivity index (χ4n) is 1.40. The lowest BCUT2D eigenvalue weighted by molar-refractivity contribution is 0.0579. The van der Waals surface area contributed by atoms with E-state index in [-0.39, 0.29) is 11.4 Å². The lowest BCUT2D eigenvalue weighted by Gasteiger charge is -2.25. The van der Waals surface area contributed by atoms with E-state index in [1.54, 1.807) is 27.7 Å². The first-order chi connectivity index (χ1) is 8.74. The Morgan fingerprint density at radius 2 is 2.05 bits per heavy atom. The maximum atomic E-state index is 12.0. The number of aromatic carboxylic acids is 1. The second kappa shape index (κ2) is 5.69. The summed E-state index contributed by atoms with van der Waals surface area (Å²) < 4.78 is 5.25. The van der Waals surface area contributed by atoms with E-state index in [1.165, 1.54) is 23.2 Å². The SMILES string of the molecule is CCN(C(=O)OC(C)(C)C)c1cc(C(=O)O)ccn1. The summed E-state index contributed by atoms with van der Waals surface area (Å²) in [7, 11) is 0. The monoisotopic (exact) mass is 266 g/mol. The lowest BCUT2D eigenvalue weighted by Crippen LogP contribution is -2.37. The van der Waals surface area contributed by atoms with Gasteiger partial charge in [0.15, 0.2) is 0 Å². The van der Waals surface area contributed by atoms with Crippen molar-refractivity contribution in [3.63, 3.8) is 0 Å². The summed E-state index contributed by atoms with van der Waals surface area (Å²) in [5, 5.41) is 8.93.